The summed E-state index contributed by atoms with van der Waals surface area (Å²) in [5, 5.41) is 5.19. The first-order valence-corrected chi connectivity index (χ1v) is 8.84. The molecule has 0 radical (unpaired) electrons. The van der Waals surface area contributed by atoms with E-state index in [1.165, 1.54) is 0 Å². The molecule has 1 aromatic heterocycles. The third-order valence-electron chi connectivity index (χ3n) is 3.66. The molecule has 9 heteroatoms. The lowest BCUT2D eigenvalue weighted by Gasteiger charge is -2.11. The fraction of sp³-hybridized carbons (Fsp3) is 0.111. The highest BCUT2D eigenvalue weighted by Gasteiger charge is 2.12. The molecule has 3 rings (SSSR count). The van der Waals surface area contributed by atoms with Crippen LogP contribution in [-0.4, -0.2) is 35.4 Å². The molecule has 3 aromatic rings. The van der Waals surface area contributed by atoms with Crippen LogP contribution in [0.15, 0.2) is 52.4 Å². The zero-order valence-electron chi connectivity index (χ0n) is 14.2. The summed E-state index contributed by atoms with van der Waals surface area (Å²) in [5.74, 6) is 1.31. The second-order valence-electron chi connectivity index (χ2n) is 5.48. The van der Waals surface area contributed by atoms with Crippen molar-refractivity contribution in [1.29, 1.82) is 0 Å². The smallest absolute Gasteiger partial charge is 0.216 e. The number of nitrogens with zero attached hydrogens (tertiary/aromatic N) is 4. The number of aliphatic imine (C=N–C) groups is 2. The lowest BCUT2D eigenvalue weighted by molar-refractivity contribution is 1.00. The molecule has 0 unspecified atom stereocenters. The van der Waals surface area contributed by atoms with Crippen molar-refractivity contribution in [2.24, 2.45) is 21.5 Å². The van der Waals surface area contributed by atoms with Crippen LogP contribution in [0.3, 0.4) is 0 Å². The summed E-state index contributed by atoms with van der Waals surface area (Å²) in [6.45, 7) is 0.925. The number of para-hydroxylation sites is 1. The lowest BCUT2D eigenvalue weighted by atomic mass is 10.2. The predicted octanol–water partition coefficient (Wildman–Crippen LogP) is 3.32. The molecule has 0 atom stereocenters. The van der Waals surface area contributed by atoms with E-state index in [-0.39, 0.29) is 5.96 Å². The van der Waals surface area contributed by atoms with Crippen molar-refractivity contribution in [2.75, 3.05) is 18.4 Å². The lowest BCUT2D eigenvalue weighted by Crippen LogP contribution is -2.14. The summed E-state index contributed by atoms with van der Waals surface area (Å²) in [6.07, 6.45) is 1.10. The highest BCUT2D eigenvalue weighted by atomic mass is 35.5. The van der Waals surface area contributed by atoms with Gasteiger partial charge >= 0.3 is 0 Å². The number of hydrogen-bond acceptors (Lipinski definition) is 4. The van der Waals surface area contributed by atoms with Crippen LogP contribution in [0.1, 0.15) is 0 Å². The van der Waals surface area contributed by atoms with E-state index in [0.29, 0.717) is 40.3 Å². The second kappa shape index (κ2) is 8.66. The average molecular weight is 402 g/mol. The van der Waals surface area contributed by atoms with Crippen molar-refractivity contribution in [3.63, 3.8) is 0 Å². The zero-order chi connectivity index (χ0) is 19.2. The zero-order valence-corrected chi connectivity index (χ0v) is 15.7. The molecule has 0 fully saturated rings. The Morgan fingerprint density at radius 3 is 2.74 bits per heavy atom. The molecule has 0 aliphatic carbocycles. The number of fused-ring (bicyclic) bond motifs is 1. The van der Waals surface area contributed by atoms with E-state index in [1.807, 2.05) is 24.3 Å². The topological polar surface area (TPSA) is 115 Å². The van der Waals surface area contributed by atoms with Gasteiger partial charge in [-0.25, -0.2) is 20.0 Å². The Balaban J connectivity index is 1.93. The SMILES string of the molecule is N/C=N\C(N)=NCCNc1nc(-c2ccc(Cl)cc2Cl)nc2ccccc12. The number of aromatic nitrogens is 2. The normalized spacial score (nSPS) is 12.0. The van der Waals surface area contributed by atoms with Crippen LogP contribution in [0, 0.1) is 0 Å². The van der Waals surface area contributed by atoms with Gasteiger partial charge in [0.15, 0.2) is 5.82 Å². The Labute approximate surface area is 166 Å². The summed E-state index contributed by atoms with van der Waals surface area (Å²) in [4.78, 5) is 17.0. The van der Waals surface area contributed by atoms with Crippen LogP contribution in [0.2, 0.25) is 10.0 Å². The number of hydrogen-bond donors (Lipinski definition) is 3. The van der Waals surface area contributed by atoms with E-state index in [0.717, 1.165) is 17.2 Å². The molecule has 0 saturated carbocycles. The molecule has 2 aromatic carbocycles. The van der Waals surface area contributed by atoms with Crippen molar-refractivity contribution in [3.05, 3.63) is 52.5 Å². The minimum Gasteiger partial charge on any atom is -0.390 e. The van der Waals surface area contributed by atoms with Crippen LogP contribution in [0.25, 0.3) is 22.3 Å². The van der Waals surface area contributed by atoms with Gasteiger partial charge in [0.25, 0.3) is 0 Å². The number of halogens is 2. The Morgan fingerprint density at radius 1 is 1.15 bits per heavy atom. The molecule has 7 nitrogen and oxygen atoms in total. The van der Waals surface area contributed by atoms with Crippen molar-refractivity contribution in [1.82, 2.24) is 9.97 Å². The number of benzene rings is 2. The Kier molecular flexibility index (Phi) is 6.05. The van der Waals surface area contributed by atoms with E-state index in [9.17, 15) is 0 Å². The minimum absolute atomic E-state index is 0.125. The highest BCUT2D eigenvalue weighted by Crippen LogP contribution is 2.31. The van der Waals surface area contributed by atoms with E-state index in [2.05, 4.69) is 25.3 Å². The number of guanidine groups is 1. The van der Waals surface area contributed by atoms with Crippen molar-refractivity contribution >= 4 is 52.2 Å². The first-order valence-electron chi connectivity index (χ1n) is 8.08. The quantitative estimate of drug-likeness (QED) is 0.344. The highest BCUT2D eigenvalue weighted by molar-refractivity contribution is 6.36. The summed E-state index contributed by atoms with van der Waals surface area (Å²) in [5.41, 5.74) is 12.3. The maximum absolute atomic E-state index is 6.32. The number of nitrogens with two attached hydrogens (primary N) is 2. The first kappa shape index (κ1) is 18.9. The summed E-state index contributed by atoms with van der Waals surface area (Å²) in [7, 11) is 0. The van der Waals surface area contributed by atoms with Crippen molar-refractivity contribution in [2.45, 2.75) is 0 Å². The average Bonchev–Trinajstić information content (AvgIpc) is 2.65. The molecule has 0 bridgehead atoms. The fourth-order valence-electron chi connectivity index (χ4n) is 2.46. The molecule has 5 N–H and O–H groups in total. The molecule has 0 amide bonds. The standard InChI is InChI=1S/C18H17Cl2N7/c19-11-5-6-12(14(20)9-11)17-26-15-4-2-1-3-13(15)16(27-17)23-7-8-24-18(22)25-10-21/h1-6,9-10H,7-8H2,(H,23,26,27)(H4,21,22,24,25). The van der Waals surface area contributed by atoms with Crippen LogP contribution >= 0.6 is 23.2 Å². The van der Waals surface area contributed by atoms with Gasteiger partial charge in [0.1, 0.15) is 5.82 Å². The summed E-state index contributed by atoms with van der Waals surface area (Å²) >= 11 is 12.3. The van der Waals surface area contributed by atoms with Gasteiger partial charge in [-0.15, -0.1) is 0 Å². The van der Waals surface area contributed by atoms with E-state index < -0.39 is 0 Å². The van der Waals surface area contributed by atoms with E-state index in [4.69, 9.17) is 34.7 Å². The van der Waals surface area contributed by atoms with Gasteiger partial charge in [0.2, 0.25) is 5.96 Å². The third kappa shape index (κ3) is 4.64. The summed E-state index contributed by atoms with van der Waals surface area (Å²) < 4.78 is 0. The molecule has 0 saturated heterocycles. The van der Waals surface area contributed by atoms with Crippen molar-refractivity contribution in [3.8, 4) is 11.4 Å². The molecule has 138 valence electrons. The summed E-state index contributed by atoms with van der Waals surface area (Å²) in [6, 6.07) is 12.9. The van der Waals surface area contributed by atoms with Crippen LogP contribution in [-0.2, 0) is 0 Å². The molecule has 0 spiro atoms. The third-order valence-corrected chi connectivity index (χ3v) is 4.21. The van der Waals surface area contributed by atoms with Gasteiger partial charge in [-0.3, -0.25) is 0 Å². The monoisotopic (exact) mass is 401 g/mol. The number of nitrogens with one attached hydrogen (secondary N) is 1. The van der Waals surface area contributed by atoms with E-state index in [1.54, 1.807) is 18.2 Å². The molecule has 0 aliphatic heterocycles. The molecule has 0 aliphatic rings. The molecule has 27 heavy (non-hydrogen) atoms. The minimum atomic E-state index is 0.125. The van der Waals surface area contributed by atoms with E-state index >= 15 is 0 Å². The van der Waals surface area contributed by atoms with Gasteiger partial charge in [-0.05, 0) is 30.3 Å². The number of anilines is 1. The first-order chi connectivity index (χ1) is 13.1. The van der Waals surface area contributed by atoms with Gasteiger partial charge in [0.05, 0.1) is 23.4 Å². The Bertz CT molecular complexity index is 1020. The molecular weight excluding hydrogens is 385 g/mol. The Hall–Kier alpha value is -2.90. The van der Waals surface area contributed by atoms with Crippen LogP contribution < -0.4 is 16.8 Å². The van der Waals surface area contributed by atoms with Crippen molar-refractivity contribution < 1.29 is 0 Å². The van der Waals surface area contributed by atoms with Gasteiger partial charge < -0.3 is 16.8 Å². The second-order valence-corrected chi connectivity index (χ2v) is 6.33. The van der Waals surface area contributed by atoms with Gasteiger partial charge in [0, 0.05) is 22.5 Å². The number of rotatable bonds is 5. The van der Waals surface area contributed by atoms with Gasteiger partial charge in [-0.1, -0.05) is 35.3 Å². The van der Waals surface area contributed by atoms with Crippen LogP contribution in [0.5, 0.6) is 0 Å². The molecule has 1 heterocycles. The Morgan fingerprint density at radius 2 is 1.96 bits per heavy atom. The predicted molar refractivity (Wildman–Crippen MR) is 113 cm³/mol. The maximum Gasteiger partial charge on any atom is 0.216 e. The fourth-order valence-corrected chi connectivity index (χ4v) is 2.96. The van der Waals surface area contributed by atoms with Crippen LogP contribution in [0.4, 0.5) is 5.82 Å². The largest absolute Gasteiger partial charge is 0.390 e. The van der Waals surface area contributed by atoms with Gasteiger partial charge in [-0.2, -0.15) is 0 Å². The molecular formula is C18H17Cl2N7. The maximum atomic E-state index is 6.32.